The van der Waals surface area contributed by atoms with Gasteiger partial charge in [-0.2, -0.15) is 0 Å². The molecule has 6 nitrogen and oxygen atoms in total. The Morgan fingerprint density at radius 2 is 0.907 bits per heavy atom. The Balaban J connectivity index is 0.000000548. The predicted molar refractivity (Wildman–Crippen MR) is 176 cm³/mol. The van der Waals surface area contributed by atoms with Gasteiger partial charge in [0.2, 0.25) is 0 Å². The van der Waals surface area contributed by atoms with E-state index < -0.39 is 0 Å². The molecule has 0 amide bonds. The number of hydrogen-bond acceptors (Lipinski definition) is 2. The summed E-state index contributed by atoms with van der Waals surface area (Å²) in [7, 11) is 0. The Kier molecular flexibility index (Phi) is 19.1. The monoisotopic (exact) mass is 660 g/mol. The summed E-state index contributed by atoms with van der Waals surface area (Å²) in [5.74, 6) is 1.37. The molecule has 0 heterocycles. The number of benzene rings is 4. The van der Waals surface area contributed by atoms with Gasteiger partial charge in [-0.15, -0.1) is 0 Å². The molecule has 0 saturated heterocycles. The number of aryl methyl sites for hydroxylation is 2. The molecule has 8 N–H and O–H groups in total. The fraction of sp³-hybridized carbons (Fsp3) is 0.118. The number of allylic oxidation sites excluding steroid dienone is 4. The van der Waals surface area contributed by atoms with Crippen molar-refractivity contribution in [1.29, 1.82) is 0 Å². The summed E-state index contributed by atoms with van der Waals surface area (Å²) in [4.78, 5) is 18.7. The smallest absolute Gasteiger partial charge is 0.350 e. The van der Waals surface area contributed by atoms with Crippen molar-refractivity contribution in [2.75, 3.05) is 0 Å². The third kappa shape index (κ3) is 17.0. The van der Waals surface area contributed by atoms with Crippen LogP contribution < -0.4 is 0 Å². The van der Waals surface area contributed by atoms with Gasteiger partial charge in [-0.1, -0.05) is 59.6 Å². The van der Waals surface area contributed by atoms with Gasteiger partial charge < -0.3 is 20.4 Å². The normalized spacial score (nSPS) is 10.3. The number of halogens is 2. The first-order valence-corrected chi connectivity index (χ1v) is 13.5. The summed E-state index contributed by atoms with van der Waals surface area (Å²) in [6, 6.07) is 28.4. The molecule has 0 atom stereocenters. The van der Waals surface area contributed by atoms with Gasteiger partial charge in [-0.3, -0.25) is 9.59 Å². The van der Waals surface area contributed by atoms with Crippen LogP contribution in [0.2, 0.25) is 10.0 Å². The first-order valence-electron chi connectivity index (χ1n) is 12.7. The van der Waals surface area contributed by atoms with Crippen molar-refractivity contribution in [2.45, 2.75) is 27.7 Å². The van der Waals surface area contributed by atoms with Gasteiger partial charge in [0.05, 0.1) is 34.8 Å². The van der Waals surface area contributed by atoms with Crippen LogP contribution in [-0.2, 0) is 21.7 Å². The first-order chi connectivity index (χ1) is 19.8. The summed E-state index contributed by atoms with van der Waals surface area (Å²) in [6.07, 6.45) is 2.63. The van der Waals surface area contributed by atoms with Crippen LogP contribution in [0.25, 0.3) is 0 Å². The van der Waals surface area contributed by atoms with E-state index in [2.05, 4.69) is 0 Å². The van der Waals surface area contributed by atoms with Crippen molar-refractivity contribution in [3.05, 3.63) is 153 Å². The second kappa shape index (κ2) is 21.0. The number of aliphatic hydroxyl groups is 2. The quantitative estimate of drug-likeness (QED) is 0.0751. The molecule has 0 aliphatic rings. The molecule has 0 radical (unpaired) electrons. The molecule has 0 saturated carbocycles. The summed E-state index contributed by atoms with van der Waals surface area (Å²) in [5.41, 5.74) is 3.32. The van der Waals surface area contributed by atoms with Gasteiger partial charge >= 0.3 is 11.6 Å². The van der Waals surface area contributed by atoms with Crippen LogP contribution in [0.4, 0.5) is 0 Å². The molecule has 43 heavy (non-hydrogen) atoms. The van der Waals surface area contributed by atoms with E-state index in [9.17, 15) is 9.59 Å². The van der Waals surface area contributed by atoms with Gasteiger partial charge in [-0.25, -0.2) is 0 Å². The molecule has 0 spiro atoms. The fourth-order valence-corrected chi connectivity index (χ4v) is 3.30. The molecule has 0 aromatic heterocycles. The van der Waals surface area contributed by atoms with Gasteiger partial charge in [0.15, 0.2) is 0 Å². The Morgan fingerprint density at radius 3 is 1.14 bits per heavy atom. The summed E-state index contributed by atoms with van der Waals surface area (Å²) < 4.78 is 0. The summed E-state index contributed by atoms with van der Waals surface area (Å²) >= 11 is 11.4. The molecule has 0 bridgehead atoms. The molecule has 0 fully saturated rings. The average Bonchev–Trinajstić information content (AvgIpc) is 2.94. The van der Waals surface area contributed by atoms with Crippen LogP contribution >= 0.6 is 23.2 Å². The molecule has 224 valence electrons. The number of rotatable bonds is 4. The first kappa shape index (κ1) is 39.2. The second-order valence-electron chi connectivity index (χ2n) is 9.00. The molecule has 4 rings (SSSR count). The molecule has 0 unspecified atom stereocenters. The van der Waals surface area contributed by atoms with E-state index in [0.717, 1.165) is 21.2 Å². The molecule has 4 aromatic rings. The minimum Gasteiger partial charge on any atom is -0.593 e. The maximum atomic E-state index is 9.37. The van der Waals surface area contributed by atoms with Crippen LogP contribution in [0.5, 0.6) is 11.5 Å². The van der Waals surface area contributed by atoms with E-state index in [1.165, 1.54) is 26.0 Å². The van der Waals surface area contributed by atoms with E-state index >= 15 is 0 Å². The van der Waals surface area contributed by atoms with Gasteiger partial charge in [0, 0.05) is 56.0 Å². The van der Waals surface area contributed by atoms with Crippen LogP contribution in [0, 0.1) is 13.8 Å². The van der Waals surface area contributed by atoms with Crippen LogP contribution in [0.15, 0.2) is 121 Å². The average molecular weight is 661 g/mol. The zero-order valence-corrected chi connectivity index (χ0v) is 27.5. The SMILES string of the molecule is C/C(O)=C/C(=[OH+])c1ccccc1.C/C(O)=C/C(=[OH+])c1ccccc1.Cc1cc([OH2+])ccc1Cl.Cc1cc([OH2+])ccc1Cl.[Ti]. The Morgan fingerprint density at radius 1 is 0.605 bits per heavy atom. The van der Waals surface area contributed by atoms with Gasteiger partial charge in [-0.05, 0) is 75.2 Å². The Bertz CT molecular complexity index is 1380. The van der Waals surface area contributed by atoms with Crippen LogP contribution in [0.3, 0.4) is 0 Å². The fourth-order valence-electron chi connectivity index (χ4n) is 3.07. The van der Waals surface area contributed by atoms with E-state index in [4.69, 9.17) is 43.6 Å². The van der Waals surface area contributed by atoms with Gasteiger partial charge in [0.1, 0.15) is 0 Å². The van der Waals surface area contributed by atoms with E-state index in [-0.39, 0.29) is 44.8 Å². The third-order valence-corrected chi connectivity index (χ3v) is 5.99. The molecule has 0 aliphatic heterocycles. The standard InChI is InChI=1S/2C10H10O2.2C7H7ClO.Ti/c2*1-8(11)7-10(12)9-5-3-2-4-6-9;2*1-5-4-6(9)2-3-7(5)8;/h2*2-7,11H,1H3;2*2-4,9H,1H3;/p+4/b2*8-7-;;;. The van der Waals surface area contributed by atoms with Crippen molar-refractivity contribution in [2.24, 2.45) is 0 Å². The van der Waals surface area contributed by atoms with E-state index in [0.29, 0.717) is 22.6 Å². The van der Waals surface area contributed by atoms with Crippen LogP contribution in [-0.4, -0.2) is 41.6 Å². The summed E-state index contributed by atoms with van der Waals surface area (Å²) in [6.45, 7) is 6.80. The van der Waals surface area contributed by atoms with Crippen molar-refractivity contribution < 1.29 is 51.7 Å². The second-order valence-corrected chi connectivity index (χ2v) is 9.82. The topological polar surface area (TPSA) is 129 Å². The number of carbonyl (C=O) groups excluding carboxylic acids is 2. The van der Waals surface area contributed by atoms with Crippen LogP contribution in [0.1, 0.15) is 36.1 Å². The minimum absolute atomic E-state index is 0. The molecule has 4 aromatic carbocycles. The minimum atomic E-state index is 0. The maximum absolute atomic E-state index is 9.37. The molecule has 0 aliphatic carbocycles. The predicted octanol–water partition coefficient (Wildman–Crippen LogP) is 8.25. The number of aliphatic hydroxyl groups excluding tert-OH is 2. The van der Waals surface area contributed by atoms with E-state index in [1.807, 2.05) is 50.2 Å². The van der Waals surface area contributed by atoms with E-state index in [1.54, 1.807) is 60.7 Å². The molecular formula is C34H38Cl2O6Ti+4. The largest absolute Gasteiger partial charge is 0.593 e. The Labute approximate surface area is 277 Å². The third-order valence-electron chi connectivity index (χ3n) is 5.15. The summed E-state index contributed by atoms with van der Waals surface area (Å²) in [5, 5.41) is 33.5. The molecular weight excluding hydrogens is 623 g/mol. The van der Waals surface area contributed by atoms with Gasteiger partial charge in [0.25, 0.3) is 11.5 Å². The Hall–Kier alpha value is -3.81. The zero-order valence-electron chi connectivity index (χ0n) is 24.4. The number of hydrogen-bond donors (Lipinski definition) is 2. The van der Waals surface area contributed by atoms with Crippen molar-refractivity contribution in [3.63, 3.8) is 0 Å². The number of ketones is 2. The van der Waals surface area contributed by atoms with Crippen molar-refractivity contribution >= 4 is 34.8 Å². The zero-order chi connectivity index (χ0) is 31.7. The van der Waals surface area contributed by atoms with Crippen molar-refractivity contribution in [3.8, 4) is 11.5 Å². The van der Waals surface area contributed by atoms with Crippen molar-refractivity contribution in [1.82, 2.24) is 0 Å². The maximum Gasteiger partial charge on any atom is 0.350 e. The molecule has 9 heteroatoms.